The summed E-state index contributed by atoms with van der Waals surface area (Å²) in [6.45, 7) is 2.98. The van der Waals surface area contributed by atoms with Crippen LogP contribution in [0.25, 0.3) is 0 Å². The van der Waals surface area contributed by atoms with Crippen LogP contribution < -0.4 is 14.8 Å². The van der Waals surface area contributed by atoms with Crippen LogP contribution in [0.3, 0.4) is 0 Å². The number of para-hydroxylation sites is 1. The lowest BCUT2D eigenvalue weighted by Gasteiger charge is -2.08. The minimum atomic E-state index is -0.945. The van der Waals surface area contributed by atoms with Gasteiger partial charge in [0.05, 0.1) is 18.8 Å². The minimum Gasteiger partial charge on any atom is -0.494 e. The van der Waals surface area contributed by atoms with Crippen molar-refractivity contribution in [3.8, 4) is 11.5 Å². The average Bonchev–Trinajstić information content (AvgIpc) is 2.61. The zero-order valence-corrected chi connectivity index (χ0v) is 13.6. The van der Waals surface area contributed by atoms with Crippen LogP contribution in [0, 0.1) is 0 Å². The Labute approximate surface area is 142 Å². The van der Waals surface area contributed by atoms with Gasteiger partial charge in [0, 0.05) is 0 Å². The Bertz CT molecular complexity index is 616. The van der Waals surface area contributed by atoms with Crippen LogP contribution >= 0.6 is 0 Å². The van der Waals surface area contributed by atoms with E-state index in [1.165, 1.54) is 6.07 Å². The standard InChI is InChI=1S/C19H23NO4/c21-19(22)16-7-4-10-18(15-16)24-14-6-12-20-11-5-13-23-17-8-2-1-3-9-17/h1-4,7-10,15,20H,5-6,11-14H2,(H,21,22). The molecule has 2 aromatic carbocycles. The van der Waals surface area contributed by atoms with Gasteiger partial charge in [-0.3, -0.25) is 0 Å². The van der Waals surface area contributed by atoms with Crippen molar-refractivity contribution >= 4 is 5.97 Å². The van der Waals surface area contributed by atoms with Crippen molar-refractivity contribution in [2.75, 3.05) is 26.3 Å². The number of nitrogens with one attached hydrogen (secondary N) is 1. The van der Waals surface area contributed by atoms with Gasteiger partial charge in [0.25, 0.3) is 0 Å². The van der Waals surface area contributed by atoms with Crippen molar-refractivity contribution in [1.29, 1.82) is 0 Å². The SMILES string of the molecule is O=C(O)c1cccc(OCCCNCCCOc2ccccc2)c1. The van der Waals surface area contributed by atoms with Gasteiger partial charge in [0.2, 0.25) is 0 Å². The second-order valence-electron chi connectivity index (χ2n) is 5.30. The van der Waals surface area contributed by atoms with E-state index in [9.17, 15) is 4.79 Å². The van der Waals surface area contributed by atoms with Gasteiger partial charge in [0.1, 0.15) is 11.5 Å². The number of carbonyl (C=O) groups is 1. The molecule has 5 heteroatoms. The highest BCUT2D eigenvalue weighted by atomic mass is 16.5. The third-order valence-corrected chi connectivity index (χ3v) is 3.36. The Morgan fingerprint density at radius 3 is 2.17 bits per heavy atom. The summed E-state index contributed by atoms with van der Waals surface area (Å²) in [5, 5.41) is 12.3. The summed E-state index contributed by atoms with van der Waals surface area (Å²) in [6.07, 6.45) is 1.80. The monoisotopic (exact) mass is 329 g/mol. The van der Waals surface area contributed by atoms with Gasteiger partial charge < -0.3 is 19.9 Å². The lowest BCUT2D eigenvalue weighted by molar-refractivity contribution is 0.0696. The molecule has 0 unspecified atom stereocenters. The Balaban J connectivity index is 1.48. The third kappa shape index (κ3) is 6.71. The fraction of sp³-hybridized carbons (Fsp3) is 0.316. The maximum Gasteiger partial charge on any atom is 0.335 e. The molecular formula is C19H23NO4. The normalized spacial score (nSPS) is 10.3. The van der Waals surface area contributed by atoms with Gasteiger partial charge >= 0.3 is 5.97 Å². The van der Waals surface area contributed by atoms with E-state index >= 15 is 0 Å². The largest absolute Gasteiger partial charge is 0.494 e. The predicted molar refractivity (Wildman–Crippen MR) is 92.9 cm³/mol. The molecule has 0 aliphatic rings. The second-order valence-corrected chi connectivity index (χ2v) is 5.30. The third-order valence-electron chi connectivity index (χ3n) is 3.36. The number of hydrogen-bond acceptors (Lipinski definition) is 4. The van der Waals surface area contributed by atoms with Crippen molar-refractivity contribution in [3.63, 3.8) is 0 Å². The summed E-state index contributed by atoms with van der Waals surface area (Å²) in [4.78, 5) is 10.9. The first-order valence-electron chi connectivity index (χ1n) is 8.10. The summed E-state index contributed by atoms with van der Waals surface area (Å²) in [5.74, 6) is 0.542. The lowest BCUT2D eigenvalue weighted by atomic mass is 10.2. The van der Waals surface area contributed by atoms with E-state index in [-0.39, 0.29) is 5.56 Å². The molecule has 0 aliphatic carbocycles. The molecule has 0 aliphatic heterocycles. The van der Waals surface area contributed by atoms with E-state index in [2.05, 4.69) is 5.32 Å². The first kappa shape index (κ1) is 17.8. The Hall–Kier alpha value is -2.53. The molecular weight excluding hydrogens is 306 g/mol. The van der Waals surface area contributed by atoms with Crippen molar-refractivity contribution in [2.45, 2.75) is 12.8 Å². The van der Waals surface area contributed by atoms with E-state index in [0.29, 0.717) is 19.0 Å². The highest BCUT2D eigenvalue weighted by molar-refractivity contribution is 5.87. The molecule has 0 atom stereocenters. The van der Waals surface area contributed by atoms with E-state index < -0.39 is 5.97 Å². The number of carboxylic acid groups (broad SMARTS) is 1. The number of carboxylic acids is 1. The Morgan fingerprint density at radius 2 is 1.50 bits per heavy atom. The number of ether oxygens (including phenoxy) is 2. The Kier molecular flexibility index (Phi) is 7.63. The topological polar surface area (TPSA) is 67.8 Å². The second kappa shape index (κ2) is 10.3. The van der Waals surface area contributed by atoms with Gasteiger partial charge in [-0.05, 0) is 56.3 Å². The smallest absolute Gasteiger partial charge is 0.335 e. The Morgan fingerprint density at radius 1 is 0.875 bits per heavy atom. The molecule has 0 fully saturated rings. The van der Waals surface area contributed by atoms with E-state index in [1.54, 1.807) is 18.2 Å². The van der Waals surface area contributed by atoms with Gasteiger partial charge in [-0.25, -0.2) is 4.79 Å². The minimum absolute atomic E-state index is 0.240. The van der Waals surface area contributed by atoms with Crippen LogP contribution in [0.15, 0.2) is 54.6 Å². The molecule has 0 saturated heterocycles. The van der Waals surface area contributed by atoms with Crippen molar-refractivity contribution in [2.24, 2.45) is 0 Å². The van der Waals surface area contributed by atoms with Crippen molar-refractivity contribution in [3.05, 3.63) is 60.2 Å². The highest BCUT2D eigenvalue weighted by Gasteiger charge is 2.03. The van der Waals surface area contributed by atoms with Crippen LogP contribution in [-0.4, -0.2) is 37.4 Å². The molecule has 128 valence electrons. The van der Waals surface area contributed by atoms with Crippen molar-refractivity contribution < 1.29 is 19.4 Å². The fourth-order valence-electron chi connectivity index (χ4n) is 2.14. The molecule has 2 N–H and O–H groups in total. The molecule has 0 radical (unpaired) electrons. The predicted octanol–water partition coefficient (Wildman–Crippen LogP) is 3.21. The highest BCUT2D eigenvalue weighted by Crippen LogP contribution is 2.13. The van der Waals surface area contributed by atoms with Gasteiger partial charge in [-0.2, -0.15) is 0 Å². The molecule has 0 heterocycles. The van der Waals surface area contributed by atoms with Gasteiger partial charge in [-0.1, -0.05) is 24.3 Å². The van der Waals surface area contributed by atoms with E-state index in [4.69, 9.17) is 14.6 Å². The molecule has 0 bridgehead atoms. The lowest BCUT2D eigenvalue weighted by Crippen LogP contribution is -2.20. The summed E-state index contributed by atoms with van der Waals surface area (Å²) >= 11 is 0. The van der Waals surface area contributed by atoms with Gasteiger partial charge in [0.15, 0.2) is 0 Å². The number of rotatable bonds is 11. The van der Waals surface area contributed by atoms with E-state index in [0.717, 1.165) is 31.7 Å². The molecule has 0 amide bonds. The zero-order valence-electron chi connectivity index (χ0n) is 13.6. The zero-order chi connectivity index (χ0) is 17.0. The first-order valence-corrected chi connectivity index (χ1v) is 8.10. The van der Waals surface area contributed by atoms with Crippen LogP contribution in [0.2, 0.25) is 0 Å². The number of hydrogen-bond donors (Lipinski definition) is 2. The summed E-state index contributed by atoms with van der Waals surface area (Å²) in [7, 11) is 0. The summed E-state index contributed by atoms with van der Waals surface area (Å²) < 4.78 is 11.2. The van der Waals surface area contributed by atoms with E-state index in [1.807, 2.05) is 30.3 Å². The molecule has 24 heavy (non-hydrogen) atoms. The number of aromatic carboxylic acids is 1. The van der Waals surface area contributed by atoms with Gasteiger partial charge in [-0.15, -0.1) is 0 Å². The van der Waals surface area contributed by atoms with Crippen LogP contribution in [0.1, 0.15) is 23.2 Å². The fourth-order valence-corrected chi connectivity index (χ4v) is 2.14. The maximum atomic E-state index is 10.9. The van der Waals surface area contributed by atoms with Crippen LogP contribution in [0.5, 0.6) is 11.5 Å². The summed E-state index contributed by atoms with van der Waals surface area (Å²) in [6, 6.07) is 16.3. The number of benzene rings is 2. The molecule has 5 nitrogen and oxygen atoms in total. The van der Waals surface area contributed by atoms with Crippen LogP contribution in [0.4, 0.5) is 0 Å². The quantitative estimate of drug-likeness (QED) is 0.620. The van der Waals surface area contributed by atoms with Crippen molar-refractivity contribution in [1.82, 2.24) is 5.32 Å². The molecule has 0 saturated carbocycles. The maximum absolute atomic E-state index is 10.9. The molecule has 0 spiro atoms. The molecule has 0 aromatic heterocycles. The molecule has 2 aromatic rings. The van der Waals surface area contributed by atoms with Crippen LogP contribution in [-0.2, 0) is 0 Å². The average molecular weight is 329 g/mol. The first-order chi connectivity index (χ1) is 11.8. The molecule has 2 rings (SSSR count). The summed E-state index contributed by atoms with van der Waals surface area (Å²) in [5.41, 5.74) is 0.240.